The average molecular weight is 244 g/mol. The molecule has 0 unspecified atom stereocenters. The number of hydrogen-bond acceptors (Lipinski definition) is 7. The molecular formula is C11H12N6O. The Labute approximate surface area is 103 Å². The summed E-state index contributed by atoms with van der Waals surface area (Å²) in [6, 6.07) is 6.90. The molecule has 2 rings (SSSR count). The minimum Gasteiger partial charge on any atom is -0.368 e. The largest absolute Gasteiger partial charge is 0.368 e. The van der Waals surface area contributed by atoms with E-state index in [-0.39, 0.29) is 23.6 Å². The first kappa shape index (κ1) is 11.8. The summed E-state index contributed by atoms with van der Waals surface area (Å²) in [5.41, 5.74) is 12.3. The summed E-state index contributed by atoms with van der Waals surface area (Å²) >= 11 is 0. The number of nitrogen functional groups attached to an aromatic ring is 2. The van der Waals surface area contributed by atoms with Gasteiger partial charge in [-0.15, -0.1) is 0 Å². The van der Waals surface area contributed by atoms with Crippen molar-refractivity contribution in [1.82, 2.24) is 15.0 Å². The molecule has 1 aromatic carbocycles. The Morgan fingerprint density at radius 1 is 1.06 bits per heavy atom. The third-order valence-corrected chi connectivity index (χ3v) is 2.22. The second kappa shape index (κ2) is 4.66. The monoisotopic (exact) mass is 244 g/mol. The number of nitrogens with zero attached hydrogens (tertiary/aromatic N) is 3. The molecule has 0 atom stereocenters. The Hall–Kier alpha value is -2.70. The third kappa shape index (κ3) is 2.70. The van der Waals surface area contributed by atoms with Gasteiger partial charge in [-0.3, -0.25) is 4.79 Å². The first-order valence-electron chi connectivity index (χ1n) is 5.19. The smallest absolute Gasteiger partial charge is 0.233 e. The van der Waals surface area contributed by atoms with Crippen LogP contribution in [-0.2, 0) is 0 Å². The van der Waals surface area contributed by atoms with E-state index in [4.69, 9.17) is 11.5 Å². The van der Waals surface area contributed by atoms with Crippen molar-refractivity contribution >= 4 is 29.3 Å². The van der Waals surface area contributed by atoms with Gasteiger partial charge < -0.3 is 16.8 Å². The van der Waals surface area contributed by atoms with Crippen LogP contribution in [0, 0.1) is 0 Å². The second-order valence-electron chi connectivity index (χ2n) is 3.63. The van der Waals surface area contributed by atoms with Crippen molar-refractivity contribution in [3.63, 3.8) is 0 Å². The van der Waals surface area contributed by atoms with E-state index in [0.29, 0.717) is 5.56 Å². The molecule has 5 N–H and O–H groups in total. The fourth-order valence-electron chi connectivity index (χ4n) is 1.38. The second-order valence-corrected chi connectivity index (χ2v) is 3.63. The lowest BCUT2D eigenvalue weighted by Crippen LogP contribution is -2.06. The fourth-order valence-corrected chi connectivity index (χ4v) is 1.38. The van der Waals surface area contributed by atoms with Gasteiger partial charge >= 0.3 is 0 Å². The number of nitrogens with two attached hydrogens (primary N) is 2. The van der Waals surface area contributed by atoms with Crippen molar-refractivity contribution in [1.29, 1.82) is 0 Å². The normalized spacial score (nSPS) is 10.1. The van der Waals surface area contributed by atoms with E-state index >= 15 is 0 Å². The molecule has 0 aliphatic carbocycles. The summed E-state index contributed by atoms with van der Waals surface area (Å²) in [4.78, 5) is 22.5. The molecule has 7 heteroatoms. The maximum Gasteiger partial charge on any atom is 0.233 e. The Morgan fingerprint density at radius 2 is 1.61 bits per heavy atom. The van der Waals surface area contributed by atoms with Crippen LogP contribution in [0.3, 0.4) is 0 Å². The number of carbonyl (C=O) groups is 1. The highest BCUT2D eigenvalue weighted by atomic mass is 16.1. The molecule has 0 saturated heterocycles. The van der Waals surface area contributed by atoms with Crippen LogP contribution < -0.4 is 16.8 Å². The van der Waals surface area contributed by atoms with Crippen LogP contribution in [0.2, 0.25) is 0 Å². The molecule has 0 amide bonds. The Balaban J connectivity index is 2.20. The highest BCUT2D eigenvalue weighted by molar-refractivity contribution is 5.94. The number of aromatic nitrogens is 3. The van der Waals surface area contributed by atoms with E-state index in [1.54, 1.807) is 24.3 Å². The lowest BCUT2D eigenvalue weighted by Gasteiger charge is -2.06. The number of anilines is 4. The molecule has 1 aromatic heterocycles. The van der Waals surface area contributed by atoms with Crippen molar-refractivity contribution in [2.75, 3.05) is 16.8 Å². The van der Waals surface area contributed by atoms with Crippen LogP contribution in [0.4, 0.5) is 23.5 Å². The topological polar surface area (TPSA) is 120 Å². The van der Waals surface area contributed by atoms with Gasteiger partial charge in [-0.25, -0.2) is 0 Å². The third-order valence-electron chi connectivity index (χ3n) is 2.22. The zero-order chi connectivity index (χ0) is 13.1. The molecule has 0 fully saturated rings. The quantitative estimate of drug-likeness (QED) is 0.688. The van der Waals surface area contributed by atoms with Crippen LogP contribution in [0.1, 0.15) is 17.3 Å². The van der Waals surface area contributed by atoms with E-state index in [2.05, 4.69) is 20.3 Å². The predicted octanol–water partition coefficient (Wildman–Crippen LogP) is 0.982. The maximum atomic E-state index is 11.1. The summed E-state index contributed by atoms with van der Waals surface area (Å²) in [6.07, 6.45) is 0. The zero-order valence-corrected chi connectivity index (χ0v) is 9.71. The summed E-state index contributed by atoms with van der Waals surface area (Å²) in [5.74, 6) is 0.362. The van der Waals surface area contributed by atoms with Gasteiger partial charge in [-0.2, -0.15) is 15.0 Å². The van der Waals surface area contributed by atoms with Gasteiger partial charge in [0.25, 0.3) is 0 Å². The lowest BCUT2D eigenvalue weighted by atomic mass is 10.1. The average Bonchev–Trinajstić information content (AvgIpc) is 2.28. The molecule has 0 radical (unpaired) electrons. The number of nitrogens with one attached hydrogen (secondary N) is 1. The van der Waals surface area contributed by atoms with Gasteiger partial charge in [0.1, 0.15) is 0 Å². The summed E-state index contributed by atoms with van der Waals surface area (Å²) < 4.78 is 0. The summed E-state index contributed by atoms with van der Waals surface area (Å²) in [7, 11) is 0. The molecule has 92 valence electrons. The van der Waals surface area contributed by atoms with E-state index in [1.165, 1.54) is 6.92 Å². The van der Waals surface area contributed by atoms with Crippen LogP contribution in [0.15, 0.2) is 24.3 Å². The van der Waals surface area contributed by atoms with Crippen molar-refractivity contribution < 1.29 is 4.79 Å². The molecule has 7 nitrogen and oxygen atoms in total. The minimum atomic E-state index is 0.00944. The van der Waals surface area contributed by atoms with Gasteiger partial charge in [-0.1, -0.05) is 0 Å². The molecular weight excluding hydrogens is 232 g/mol. The molecule has 1 heterocycles. The van der Waals surface area contributed by atoms with Gasteiger partial charge in [0, 0.05) is 11.3 Å². The number of Topliss-reactive ketones (excluding diaryl/α,β-unsaturated/α-hetero) is 1. The zero-order valence-electron chi connectivity index (χ0n) is 9.71. The number of ketones is 1. The molecule has 0 aliphatic rings. The Kier molecular flexibility index (Phi) is 3.05. The van der Waals surface area contributed by atoms with Crippen molar-refractivity contribution in [3.8, 4) is 0 Å². The first-order valence-corrected chi connectivity index (χ1v) is 5.19. The van der Waals surface area contributed by atoms with E-state index in [9.17, 15) is 4.79 Å². The van der Waals surface area contributed by atoms with Crippen LogP contribution >= 0.6 is 0 Å². The number of hydrogen-bond donors (Lipinski definition) is 3. The first-order chi connectivity index (χ1) is 8.54. The van der Waals surface area contributed by atoms with E-state index < -0.39 is 0 Å². The van der Waals surface area contributed by atoms with E-state index in [0.717, 1.165) is 5.69 Å². The summed E-state index contributed by atoms with van der Waals surface area (Å²) in [5, 5.41) is 2.92. The molecule has 0 spiro atoms. The standard InChI is InChI=1S/C11H12N6O/c1-6(18)7-2-4-8(5-3-7)14-11-16-9(12)15-10(13)17-11/h2-5H,1H3,(H5,12,13,14,15,16,17). The Morgan fingerprint density at radius 3 is 2.11 bits per heavy atom. The SMILES string of the molecule is CC(=O)c1ccc(Nc2nc(N)nc(N)n2)cc1. The lowest BCUT2D eigenvalue weighted by molar-refractivity contribution is 0.101. The van der Waals surface area contributed by atoms with Gasteiger partial charge in [-0.05, 0) is 31.2 Å². The number of carbonyl (C=O) groups excluding carboxylic acids is 1. The van der Waals surface area contributed by atoms with Crippen molar-refractivity contribution in [2.45, 2.75) is 6.92 Å². The maximum absolute atomic E-state index is 11.1. The fraction of sp³-hybridized carbons (Fsp3) is 0.0909. The Bertz CT molecular complexity index is 560. The number of benzene rings is 1. The van der Waals surface area contributed by atoms with Gasteiger partial charge in [0.05, 0.1) is 0 Å². The van der Waals surface area contributed by atoms with Gasteiger partial charge in [0.2, 0.25) is 17.8 Å². The van der Waals surface area contributed by atoms with Crippen molar-refractivity contribution in [2.24, 2.45) is 0 Å². The summed E-state index contributed by atoms with van der Waals surface area (Å²) in [6.45, 7) is 1.51. The molecule has 0 saturated carbocycles. The van der Waals surface area contributed by atoms with Gasteiger partial charge in [0.15, 0.2) is 5.78 Å². The van der Waals surface area contributed by atoms with Crippen molar-refractivity contribution in [3.05, 3.63) is 29.8 Å². The molecule has 18 heavy (non-hydrogen) atoms. The molecule has 0 bridgehead atoms. The highest BCUT2D eigenvalue weighted by Gasteiger charge is 2.03. The van der Waals surface area contributed by atoms with E-state index in [1.807, 2.05) is 0 Å². The minimum absolute atomic E-state index is 0.00944. The highest BCUT2D eigenvalue weighted by Crippen LogP contribution is 2.15. The number of rotatable bonds is 3. The van der Waals surface area contributed by atoms with Crippen LogP contribution in [-0.4, -0.2) is 20.7 Å². The van der Waals surface area contributed by atoms with Crippen LogP contribution in [0.5, 0.6) is 0 Å². The molecule has 2 aromatic rings. The molecule has 0 aliphatic heterocycles. The van der Waals surface area contributed by atoms with Crippen LogP contribution in [0.25, 0.3) is 0 Å². The predicted molar refractivity (Wildman–Crippen MR) is 68.4 cm³/mol.